The van der Waals surface area contributed by atoms with Crippen molar-refractivity contribution in [2.24, 2.45) is 0 Å². The first-order valence-corrected chi connectivity index (χ1v) is 9.82. The molecule has 1 fully saturated rings. The Bertz CT molecular complexity index is 505. The van der Waals surface area contributed by atoms with Crippen LogP contribution in [0, 0.1) is 0 Å². The number of hydrogen-bond donors (Lipinski definition) is 0. The quantitative estimate of drug-likeness (QED) is 0.732. The highest BCUT2D eigenvalue weighted by molar-refractivity contribution is 9.09. The van der Waals surface area contributed by atoms with Gasteiger partial charge in [0.15, 0.2) is 0 Å². The summed E-state index contributed by atoms with van der Waals surface area (Å²) in [6, 6.07) is 5.77. The highest BCUT2D eigenvalue weighted by atomic mass is 79.9. The number of nitrogens with zero attached hydrogens (tertiary/aromatic N) is 2. The smallest absolute Gasteiger partial charge is 0.214 e. The van der Waals surface area contributed by atoms with Gasteiger partial charge in [-0.2, -0.15) is 4.31 Å². The van der Waals surface area contributed by atoms with E-state index in [2.05, 4.69) is 20.9 Å². The number of hydrogen-bond acceptors (Lipinski definition) is 3. The minimum absolute atomic E-state index is 0.156. The predicted molar refractivity (Wildman–Crippen MR) is 84.5 cm³/mol. The molecule has 1 saturated heterocycles. The van der Waals surface area contributed by atoms with Crippen LogP contribution in [-0.4, -0.2) is 41.4 Å². The van der Waals surface area contributed by atoms with Crippen molar-refractivity contribution in [1.82, 2.24) is 9.29 Å². The first kappa shape index (κ1) is 15.9. The maximum Gasteiger partial charge on any atom is 0.214 e. The molecule has 1 aliphatic heterocycles. The van der Waals surface area contributed by atoms with E-state index in [0.717, 1.165) is 36.7 Å². The van der Waals surface area contributed by atoms with Gasteiger partial charge >= 0.3 is 0 Å². The molecule has 0 amide bonds. The number of rotatable bonds is 6. The largest absolute Gasteiger partial charge is 0.261 e. The van der Waals surface area contributed by atoms with Crippen molar-refractivity contribution in [2.45, 2.75) is 38.1 Å². The van der Waals surface area contributed by atoms with Crippen molar-refractivity contribution >= 4 is 26.0 Å². The van der Waals surface area contributed by atoms with Gasteiger partial charge in [-0.05, 0) is 31.4 Å². The highest BCUT2D eigenvalue weighted by Crippen LogP contribution is 2.24. The topological polar surface area (TPSA) is 50.3 Å². The Morgan fingerprint density at radius 1 is 1.35 bits per heavy atom. The fourth-order valence-corrected chi connectivity index (χ4v) is 4.95. The minimum Gasteiger partial charge on any atom is -0.261 e. The first-order valence-electron chi connectivity index (χ1n) is 7.09. The molecule has 20 heavy (non-hydrogen) atoms. The van der Waals surface area contributed by atoms with Crippen LogP contribution in [0.25, 0.3) is 0 Å². The summed E-state index contributed by atoms with van der Waals surface area (Å²) < 4.78 is 26.8. The molecule has 0 aromatic carbocycles. The van der Waals surface area contributed by atoms with Crippen LogP contribution in [0.5, 0.6) is 0 Å². The molecule has 0 radical (unpaired) electrons. The number of aromatic nitrogens is 1. The summed E-state index contributed by atoms with van der Waals surface area (Å²) in [5, 5.41) is 0.851. The van der Waals surface area contributed by atoms with Crippen LogP contribution in [0.1, 0.15) is 31.4 Å². The molecule has 0 saturated carbocycles. The van der Waals surface area contributed by atoms with Gasteiger partial charge in [0.25, 0.3) is 0 Å². The zero-order valence-electron chi connectivity index (χ0n) is 11.5. The van der Waals surface area contributed by atoms with Crippen LogP contribution in [0.4, 0.5) is 0 Å². The van der Waals surface area contributed by atoms with Crippen LogP contribution < -0.4 is 0 Å². The second-order valence-electron chi connectivity index (χ2n) is 5.13. The zero-order chi connectivity index (χ0) is 14.4. The van der Waals surface area contributed by atoms with Crippen molar-refractivity contribution < 1.29 is 8.42 Å². The second-order valence-corrected chi connectivity index (χ2v) is 7.96. The van der Waals surface area contributed by atoms with E-state index in [9.17, 15) is 8.42 Å². The molecule has 6 heteroatoms. The van der Waals surface area contributed by atoms with Crippen LogP contribution in [-0.2, 0) is 16.4 Å². The maximum atomic E-state index is 12.5. The van der Waals surface area contributed by atoms with Gasteiger partial charge < -0.3 is 0 Å². The molecule has 0 bridgehead atoms. The normalized spacial score (nSPS) is 20.9. The van der Waals surface area contributed by atoms with Gasteiger partial charge in [0.05, 0.1) is 5.75 Å². The molecule has 2 heterocycles. The lowest BCUT2D eigenvalue weighted by atomic mass is 10.0. The Morgan fingerprint density at radius 2 is 2.20 bits per heavy atom. The fraction of sp³-hybridized carbons (Fsp3) is 0.643. The third-order valence-corrected chi connectivity index (χ3v) is 6.09. The molecular weight excluding hydrogens is 340 g/mol. The lowest BCUT2D eigenvalue weighted by Crippen LogP contribution is -2.45. The zero-order valence-corrected chi connectivity index (χ0v) is 13.9. The second kappa shape index (κ2) is 7.52. The van der Waals surface area contributed by atoms with E-state index in [1.807, 2.05) is 18.2 Å². The van der Waals surface area contributed by atoms with E-state index in [-0.39, 0.29) is 11.8 Å². The van der Waals surface area contributed by atoms with E-state index >= 15 is 0 Å². The fourth-order valence-electron chi connectivity index (χ4n) is 2.65. The summed E-state index contributed by atoms with van der Waals surface area (Å²) in [6.07, 6.45) is 6.17. The lowest BCUT2D eigenvalue weighted by molar-refractivity contribution is 0.248. The van der Waals surface area contributed by atoms with Gasteiger partial charge in [-0.15, -0.1) is 0 Å². The van der Waals surface area contributed by atoms with E-state index in [0.29, 0.717) is 13.0 Å². The molecule has 1 aromatic heterocycles. The average Bonchev–Trinajstić information content (AvgIpc) is 2.47. The molecule has 112 valence electrons. The van der Waals surface area contributed by atoms with Gasteiger partial charge in [0.1, 0.15) is 0 Å². The Labute approximate surface area is 129 Å². The summed E-state index contributed by atoms with van der Waals surface area (Å²) in [5.74, 6) is 0.156. The van der Waals surface area contributed by atoms with Crippen molar-refractivity contribution in [2.75, 3.05) is 17.6 Å². The SMILES string of the molecule is O=S(=O)(CCc1ccccn1)N1CCCCC1CCBr. The highest BCUT2D eigenvalue weighted by Gasteiger charge is 2.31. The third-order valence-electron chi connectivity index (χ3n) is 3.72. The number of piperidine rings is 1. The molecular formula is C14H21BrN2O2S. The van der Waals surface area contributed by atoms with Gasteiger partial charge in [-0.25, -0.2) is 8.42 Å². The van der Waals surface area contributed by atoms with Crippen LogP contribution in [0.15, 0.2) is 24.4 Å². The third kappa shape index (κ3) is 4.27. The minimum atomic E-state index is -3.18. The Kier molecular flexibility index (Phi) is 5.99. The van der Waals surface area contributed by atoms with E-state index in [4.69, 9.17) is 0 Å². The Balaban J connectivity index is 2.01. The molecule has 4 nitrogen and oxygen atoms in total. The summed E-state index contributed by atoms with van der Waals surface area (Å²) >= 11 is 3.42. The number of sulfonamides is 1. The average molecular weight is 361 g/mol. The number of halogens is 1. The Hall–Kier alpha value is -0.460. The Morgan fingerprint density at radius 3 is 2.90 bits per heavy atom. The van der Waals surface area contributed by atoms with Crippen molar-refractivity contribution in [3.05, 3.63) is 30.1 Å². The molecule has 0 N–H and O–H groups in total. The number of pyridine rings is 1. The van der Waals surface area contributed by atoms with Gasteiger partial charge in [-0.3, -0.25) is 4.98 Å². The van der Waals surface area contributed by atoms with Crippen LogP contribution in [0.3, 0.4) is 0 Å². The molecule has 1 unspecified atom stereocenters. The van der Waals surface area contributed by atoms with Gasteiger partial charge in [0.2, 0.25) is 10.0 Å². The molecule has 0 spiro atoms. The van der Waals surface area contributed by atoms with Crippen LogP contribution in [0.2, 0.25) is 0 Å². The summed E-state index contributed by atoms with van der Waals surface area (Å²) in [4.78, 5) is 4.19. The van der Waals surface area contributed by atoms with E-state index < -0.39 is 10.0 Å². The van der Waals surface area contributed by atoms with Crippen molar-refractivity contribution in [3.63, 3.8) is 0 Å². The first-order chi connectivity index (χ1) is 9.63. The monoisotopic (exact) mass is 360 g/mol. The van der Waals surface area contributed by atoms with Crippen molar-refractivity contribution in [3.8, 4) is 0 Å². The number of aryl methyl sites for hydroxylation is 1. The summed E-state index contributed by atoms with van der Waals surface area (Å²) in [5.41, 5.74) is 0.838. The maximum absolute atomic E-state index is 12.5. The molecule has 1 aromatic rings. The lowest BCUT2D eigenvalue weighted by Gasteiger charge is -2.34. The van der Waals surface area contributed by atoms with Crippen molar-refractivity contribution in [1.29, 1.82) is 0 Å². The molecule has 1 atom stereocenters. The van der Waals surface area contributed by atoms with Gasteiger partial charge in [-0.1, -0.05) is 28.4 Å². The van der Waals surface area contributed by atoms with Gasteiger partial charge in [0, 0.05) is 36.2 Å². The van der Waals surface area contributed by atoms with E-state index in [1.165, 1.54) is 0 Å². The molecule has 2 rings (SSSR count). The van der Waals surface area contributed by atoms with Crippen LogP contribution >= 0.6 is 15.9 Å². The standard InChI is InChI=1S/C14H21BrN2O2S/c15-9-7-14-6-2-4-11-17(14)20(18,19)12-8-13-5-1-3-10-16-13/h1,3,5,10,14H,2,4,6-9,11-12H2. The summed E-state index contributed by atoms with van der Waals surface area (Å²) in [6.45, 7) is 0.669. The number of alkyl halides is 1. The summed E-state index contributed by atoms with van der Waals surface area (Å²) in [7, 11) is -3.18. The predicted octanol–water partition coefficient (Wildman–Crippen LogP) is 2.59. The van der Waals surface area contributed by atoms with E-state index in [1.54, 1.807) is 10.5 Å². The molecule has 1 aliphatic rings. The molecule has 0 aliphatic carbocycles.